The van der Waals surface area contributed by atoms with Crippen molar-refractivity contribution in [2.75, 3.05) is 10.7 Å². The van der Waals surface area contributed by atoms with Crippen LogP contribution < -0.4 is 0 Å². The molecule has 0 aromatic heterocycles. The predicted octanol–water partition coefficient (Wildman–Crippen LogP) is 5.96. The molecule has 0 bridgehead atoms. The highest BCUT2D eigenvalue weighted by Gasteiger charge is 2.38. The zero-order valence-electron chi connectivity index (χ0n) is 10.5. The van der Waals surface area contributed by atoms with Crippen LogP contribution in [0.15, 0.2) is 28.7 Å². The summed E-state index contributed by atoms with van der Waals surface area (Å²) in [6.45, 7) is 0. The van der Waals surface area contributed by atoms with E-state index < -0.39 is 0 Å². The van der Waals surface area contributed by atoms with Crippen molar-refractivity contribution in [3.63, 3.8) is 0 Å². The lowest BCUT2D eigenvalue weighted by molar-refractivity contribution is 0.232. The third-order valence-corrected chi connectivity index (χ3v) is 7.26. The van der Waals surface area contributed by atoms with E-state index in [4.69, 9.17) is 0 Å². The molecule has 2 rings (SSSR count). The Kier molecular flexibility index (Phi) is 5.77. The Bertz CT molecular complexity index is 379. The second kappa shape index (κ2) is 6.90. The van der Waals surface area contributed by atoms with Crippen molar-refractivity contribution in [1.82, 2.24) is 0 Å². The molecular formula is C15H19Br3. The number of alkyl halides is 2. The molecular weight excluding hydrogens is 420 g/mol. The van der Waals surface area contributed by atoms with Gasteiger partial charge in [-0.1, -0.05) is 78.8 Å². The first-order valence-corrected chi connectivity index (χ1v) is 9.61. The highest BCUT2D eigenvalue weighted by Crippen LogP contribution is 2.45. The summed E-state index contributed by atoms with van der Waals surface area (Å²) in [5.41, 5.74) is 1.80. The molecule has 0 heterocycles. The molecule has 0 unspecified atom stereocenters. The van der Waals surface area contributed by atoms with Crippen LogP contribution in [-0.4, -0.2) is 10.7 Å². The summed E-state index contributed by atoms with van der Waals surface area (Å²) >= 11 is 11.2. The average Bonchev–Trinajstić information content (AvgIpc) is 2.93. The average molecular weight is 439 g/mol. The molecule has 0 aliphatic heterocycles. The molecule has 1 aromatic rings. The molecule has 18 heavy (non-hydrogen) atoms. The van der Waals surface area contributed by atoms with Gasteiger partial charge in [-0.05, 0) is 42.2 Å². The molecule has 0 N–H and O–H groups in total. The Labute approximate surface area is 135 Å². The van der Waals surface area contributed by atoms with Gasteiger partial charge in [0.2, 0.25) is 0 Å². The van der Waals surface area contributed by atoms with Gasteiger partial charge in [-0.3, -0.25) is 0 Å². The molecule has 1 fully saturated rings. The van der Waals surface area contributed by atoms with Crippen LogP contribution in [0.1, 0.15) is 31.2 Å². The van der Waals surface area contributed by atoms with Gasteiger partial charge in [0.05, 0.1) is 0 Å². The van der Waals surface area contributed by atoms with Gasteiger partial charge in [0.15, 0.2) is 0 Å². The van der Waals surface area contributed by atoms with Gasteiger partial charge >= 0.3 is 0 Å². The molecule has 1 aliphatic carbocycles. The Morgan fingerprint density at radius 3 is 2.22 bits per heavy atom. The second-order valence-corrected chi connectivity index (χ2v) is 7.36. The Balaban J connectivity index is 2.22. The fraction of sp³-hybridized carbons (Fsp3) is 0.600. The number of rotatable bonds is 5. The summed E-state index contributed by atoms with van der Waals surface area (Å²) in [5.74, 6) is 0.850. The van der Waals surface area contributed by atoms with E-state index in [0.717, 1.165) is 23.0 Å². The summed E-state index contributed by atoms with van der Waals surface area (Å²) < 4.78 is 1.24. The molecule has 100 valence electrons. The van der Waals surface area contributed by atoms with Crippen LogP contribution in [0, 0.1) is 11.3 Å². The lowest BCUT2D eigenvalue weighted by Crippen LogP contribution is -2.35. The zero-order chi connectivity index (χ0) is 13.0. The van der Waals surface area contributed by atoms with Crippen LogP contribution in [0.4, 0.5) is 0 Å². The van der Waals surface area contributed by atoms with E-state index in [0.29, 0.717) is 5.41 Å². The van der Waals surface area contributed by atoms with Crippen molar-refractivity contribution in [3.8, 4) is 0 Å². The highest BCUT2D eigenvalue weighted by atomic mass is 79.9. The SMILES string of the molecule is BrCC(CBr)(Cc1ccccc1Br)C1CCCC1. The van der Waals surface area contributed by atoms with Gasteiger partial charge in [0.25, 0.3) is 0 Å². The van der Waals surface area contributed by atoms with E-state index in [2.05, 4.69) is 72.1 Å². The Morgan fingerprint density at radius 1 is 1.06 bits per heavy atom. The first-order chi connectivity index (χ1) is 8.72. The Hall–Kier alpha value is 0.660. The first kappa shape index (κ1) is 15.1. The van der Waals surface area contributed by atoms with E-state index in [1.54, 1.807) is 0 Å². The van der Waals surface area contributed by atoms with Crippen molar-refractivity contribution in [1.29, 1.82) is 0 Å². The monoisotopic (exact) mass is 436 g/mol. The minimum absolute atomic E-state index is 0.361. The molecule has 0 radical (unpaired) electrons. The summed E-state index contributed by atoms with van der Waals surface area (Å²) in [6.07, 6.45) is 6.74. The van der Waals surface area contributed by atoms with Crippen LogP contribution in [0.25, 0.3) is 0 Å². The van der Waals surface area contributed by atoms with Crippen LogP contribution in [0.2, 0.25) is 0 Å². The topological polar surface area (TPSA) is 0 Å². The quantitative estimate of drug-likeness (QED) is 0.497. The molecule has 0 saturated heterocycles. The van der Waals surface area contributed by atoms with E-state index in [1.165, 1.54) is 35.7 Å². The number of benzene rings is 1. The molecule has 0 nitrogen and oxygen atoms in total. The van der Waals surface area contributed by atoms with E-state index in [9.17, 15) is 0 Å². The lowest BCUT2D eigenvalue weighted by atomic mass is 9.73. The molecule has 3 heteroatoms. The second-order valence-electron chi connectivity index (χ2n) is 5.38. The van der Waals surface area contributed by atoms with Crippen LogP contribution >= 0.6 is 47.8 Å². The van der Waals surface area contributed by atoms with Crippen molar-refractivity contribution in [2.24, 2.45) is 11.3 Å². The Morgan fingerprint density at radius 2 is 1.67 bits per heavy atom. The number of halogens is 3. The van der Waals surface area contributed by atoms with Gasteiger partial charge in [0, 0.05) is 15.1 Å². The van der Waals surface area contributed by atoms with Crippen molar-refractivity contribution in [2.45, 2.75) is 32.1 Å². The molecule has 0 spiro atoms. The summed E-state index contributed by atoms with van der Waals surface area (Å²) in [5, 5.41) is 2.16. The lowest BCUT2D eigenvalue weighted by Gasteiger charge is -2.37. The molecule has 1 saturated carbocycles. The van der Waals surface area contributed by atoms with E-state index in [1.807, 2.05) is 0 Å². The molecule has 0 amide bonds. The molecule has 1 aromatic carbocycles. The van der Waals surface area contributed by atoms with Crippen molar-refractivity contribution < 1.29 is 0 Å². The number of hydrogen-bond acceptors (Lipinski definition) is 0. The van der Waals surface area contributed by atoms with E-state index in [-0.39, 0.29) is 0 Å². The predicted molar refractivity (Wildman–Crippen MR) is 89.8 cm³/mol. The summed E-state index contributed by atoms with van der Waals surface area (Å²) in [6, 6.07) is 8.63. The van der Waals surface area contributed by atoms with E-state index >= 15 is 0 Å². The summed E-state index contributed by atoms with van der Waals surface area (Å²) in [7, 11) is 0. The maximum Gasteiger partial charge on any atom is 0.0207 e. The van der Waals surface area contributed by atoms with Gasteiger partial charge in [-0.25, -0.2) is 0 Å². The summed E-state index contributed by atoms with van der Waals surface area (Å²) in [4.78, 5) is 0. The van der Waals surface area contributed by atoms with Crippen molar-refractivity contribution >= 4 is 47.8 Å². The van der Waals surface area contributed by atoms with Gasteiger partial charge < -0.3 is 0 Å². The fourth-order valence-corrected chi connectivity index (χ4v) is 5.72. The molecule has 0 atom stereocenters. The smallest absolute Gasteiger partial charge is 0.0207 e. The van der Waals surface area contributed by atoms with Gasteiger partial charge in [-0.15, -0.1) is 0 Å². The minimum atomic E-state index is 0.361. The number of hydrogen-bond donors (Lipinski definition) is 0. The largest absolute Gasteiger partial charge is 0.0921 e. The van der Waals surface area contributed by atoms with Crippen LogP contribution in [-0.2, 0) is 6.42 Å². The maximum absolute atomic E-state index is 3.78. The van der Waals surface area contributed by atoms with Gasteiger partial charge in [0.1, 0.15) is 0 Å². The third-order valence-electron chi connectivity index (χ3n) is 4.25. The standard InChI is InChI=1S/C15H19Br3/c16-10-15(11-17,13-6-2-3-7-13)9-12-5-1-4-8-14(12)18/h1,4-5,8,13H,2-3,6-7,9-11H2. The third kappa shape index (κ3) is 3.21. The normalized spacial score (nSPS) is 17.3. The van der Waals surface area contributed by atoms with Crippen LogP contribution in [0.3, 0.4) is 0 Å². The van der Waals surface area contributed by atoms with Gasteiger partial charge in [-0.2, -0.15) is 0 Å². The minimum Gasteiger partial charge on any atom is -0.0921 e. The zero-order valence-corrected chi connectivity index (χ0v) is 15.2. The first-order valence-electron chi connectivity index (χ1n) is 6.57. The highest BCUT2D eigenvalue weighted by molar-refractivity contribution is 9.10. The van der Waals surface area contributed by atoms with Crippen molar-refractivity contribution in [3.05, 3.63) is 34.3 Å². The fourth-order valence-electron chi connectivity index (χ4n) is 3.05. The van der Waals surface area contributed by atoms with Crippen LogP contribution in [0.5, 0.6) is 0 Å². The molecule has 1 aliphatic rings. The maximum atomic E-state index is 3.78.